The molecule has 178 valence electrons. The standard InChI is InChI=1S/C24H26F4N2O2S/c1-2-33-29-22-19(30(14-24(22,27)28)23(31)20-10-5-11-32-20)13-16-7-4-9-18(21(16)26)15-6-3-8-17(25)12-15/h3-4,6-9,12,19-20,22,29H,2,5,10-11,13-14H2,1H3/t19-,20+,22+/m0/s1. The van der Waals surface area contributed by atoms with Crippen molar-refractivity contribution in [3.8, 4) is 11.1 Å². The van der Waals surface area contributed by atoms with E-state index >= 15 is 13.2 Å². The minimum absolute atomic E-state index is 0.106. The highest BCUT2D eigenvalue weighted by atomic mass is 32.2. The summed E-state index contributed by atoms with van der Waals surface area (Å²) in [6.45, 7) is 1.50. The van der Waals surface area contributed by atoms with E-state index in [1.165, 1.54) is 30.3 Å². The number of nitrogens with zero attached hydrogens (tertiary/aromatic N) is 1. The maximum atomic E-state index is 15.5. The average molecular weight is 483 g/mol. The highest BCUT2D eigenvalue weighted by Gasteiger charge is 2.56. The summed E-state index contributed by atoms with van der Waals surface area (Å²) in [5, 5.41) is 0. The largest absolute Gasteiger partial charge is 0.368 e. The fourth-order valence-corrected chi connectivity index (χ4v) is 5.19. The second-order valence-corrected chi connectivity index (χ2v) is 9.42. The van der Waals surface area contributed by atoms with E-state index in [1.807, 2.05) is 6.92 Å². The normalized spacial score (nSPS) is 24.4. The second kappa shape index (κ2) is 10.0. The number of carbonyl (C=O) groups is 1. The average Bonchev–Trinajstić information content (AvgIpc) is 3.40. The minimum atomic E-state index is -3.18. The molecule has 2 aliphatic rings. The summed E-state index contributed by atoms with van der Waals surface area (Å²) in [6.07, 6.45) is 0.330. The molecular formula is C24H26F4N2O2S. The van der Waals surface area contributed by atoms with Gasteiger partial charge in [0.05, 0.1) is 12.6 Å². The van der Waals surface area contributed by atoms with E-state index < -0.39 is 48.2 Å². The molecule has 2 aromatic carbocycles. The van der Waals surface area contributed by atoms with Gasteiger partial charge in [0.25, 0.3) is 11.8 Å². The number of ether oxygens (including phenoxy) is 1. The molecular weight excluding hydrogens is 456 g/mol. The first kappa shape index (κ1) is 24.0. The molecule has 2 saturated heterocycles. The van der Waals surface area contributed by atoms with Crippen molar-refractivity contribution >= 4 is 17.9 Å². The number of halogens is 4. The highest BCUT2D eigenvalue weighted by molar-refractivity contribution is 7.97. The number of hydrogen-bond acceptors (Lipinski definition) is 4. The van der Waals surface area contributed by atoms with Crippen LogP contribution >= 0.6 is 11.9 Å². The molecule has 0 radical (unpaired) electrons. The van der Waals surface area contributed by atoms with E-state index in [4.69, 9.17) is 4.74 Å². The molecule has 33 heavy (non-hydrogen) atoms. The van der Waals surface area contributed by atoms with Gasteiger partial charge >= 0.3 is 0 Å². The Labute approximate surface area is 194 Å². The molecule has 1 amide bonds. The molecule has 2 aromatic rings. The van der Waals surface area contributed by atoms with Gasteiger partial charge in [-0.05, 0) is 42.5 Å². The van der Waals surface area contributed by atoms with Crippen LogP contribution in [0.3, 0.4) is 0 Å². The molecule has 2 fully saturated rings. The van der Waals surface area contributed by atoms with E-state index in [1.54, 1.807) is 12.1 Å². The van der Waals surface area contributed by atoms with Crippen LogP contribution in [0.5, 0.6) is 0 Å². The van der Waals surface area contributed by atoms with Gasteiger partial charge in [0.15, 0.2) is 0 Å². The third-order valence-electron chi connectivity index (χ3n) is 6.11. The number of carbonyl (C=O) groups excluding carboxylic acids is 1. The Kier molecular flexibility index (Phi) is 7.31. The molecule has 2 aliphatic heterocycles. The number of benzene rings is 2. The monoisotopic (exact) mass is 482 g/mol. The summed E-state index contributed by atoms with van der Waals surface area (Å²) in [4.78, 5) is 14.2. The van der Waals surface area contributed by atoms with Crippen LogP contribution in [-0.4, -0.2) is 53.8 Å². The number of alkyl halides is 2. The zero-order chi connectivity index (χ0) is 23.6. The van der Waals surface area contributed by atoms with E-state index in [-0.39, 0.29) is 17.5 Å². The smallest absolute Gasteiger partial charge is 0.283 e. The van der Waals surface area contributed by atoms with E-state index in [9.17, 15) is 9.18 Å². The number of hydrogen-bond donors (Lipinski definition) is 1. The van der Waals surface area contributed by atoms with Crippen LogP contribution < -0.4 is 4.72 Å². The van der Waals surface area contributed by atoms with Crippen LogP contribution in [0.4, 0.5) is 17.6 Å². The molecule has 1 N–H and O–H groups in total. The SMILES string of the molecule is CCSN[C@@H]1[C@H](Cc2cccc(-c3cccc(F)c3)c2F)N(C(=O)[C@H]2CCCO2)CC1(F)F. The van der Waals surface area contributed by atoms with Gasteiger partial charge in [-0.3, -0.25) is 9.52 Å². The molecule has 0 spiro atoms. The summed E-state index contributed by atoms with van der Waals surface area (Å²) < 4.78 is 67.5. The van der Waals surface area contributed by atoms with Gasteiger partial charge in [0.1, 0.15) is 23.8 Å². The van der Waals surface area contributed by atoms with Gasteiger partial charge in [-0.2, -0.15) is 0 Å². The topological polar surface area (TPSA) is 41.6 Å². The molecule has 0 bridgehead atoms. The first-order valence-electron chi connectivity index (χ1n) is 11.0. The number of nitrogens with one attached hydrogen (secondary N) is 1. The Bertz CT molecular complexity index is 1000. The van der Waals surface area contributed by atoms with Crippen LogP contribution in [0.25, 0.3) is 11.1 Å². The van der Waals surface area contributed by atoms with Crippen molar-refractivity contribution in [3.63, 3.8) is 0 Å². The zero-order valence-corrected chi connectivity index (χ0v) is 19.0. The molecule has 9 heteroatoms. The van der Waals surface area contributed by atoms with Crippen LogP contribution in [0.15, 0.2) is 42.5 Å². The van der Waals surface area contributed by atoms with E-state index in [0.29, 0.717) is 30.8 Å². The lowest BCUT2D eigenvalue weighted by Gasteiger charge is -2.30. The molecule has 0 aliphatic carbocycles. The van der Waals surface area contributed by atoms with E-state index in [2.05, 4.69) is 4.72 Å². The van der Waals surface area contributed by atoms with Gasteiger partial charge in [-0.15, -0.1) is 0 Å². The summed E-state index contributed by atoms with van der Waals surface area (Å²) in [6, 6.07) is 7.91. The number of likely N-dealkylation sites (tertiary alicyclic amines) is 1. The van der Waals surface area contributed by atoms with Gasteiger partial charge in [-0.1, -0.05) is 49.2 Å². The summed E-state index contributed by atoms with van der Waals surface area (Å²) in [5.74, 6) is -4.21. The molecule has 0 unspecified atom stereocenters. The van der Waals surface area contributed by atoms with Crippen LogP contribution in [-0.2, 0) is 16.0 Å². The number of rotatable bonds is 7. The predicted octanol–water partition coefficient (Wildman–Crippen LogP) is 4.83. The molecule has 0 aromatic heterocycles. The Morgan fingerprint density at radius 3 is 2.73 bits per heavy atom. The fraction of sp³-hybridized carbons (Fsp3) is 0.458. The maximum absolute atomic E-state index is 15.5. The Morgan fingerprint density at radius 2 is 2.03 bits per heavy atom. The quantitative estimate of drug-likeness (QED) is 0.454. The third-order valence-corrected chi connectivity index (χ3v) is 6.82. The Hall–Kier alpha value is -2.10. The summed E-state index contributed by atoms with van der Waals surface area (Å²) in [7, 11) is 0. The lowest BCUT2D eigenvalue weighted by molar-refractivity contribution is -0.143. The summed E-state index contributed by atoms with van der Waals surface area (Å²) in [5.41, 5.74) is 0.730. The zero-order valence-electron chi connectivity index (χ0n) is 18.2. The van der Waals surface area contributed by atoms with Gasteiger partial charge in [0, 0.05) is 17.9 Å². The van der Waals surface area contributed by atoms with Crippen molar-refractivity contribution in [2.24, 2.45) is 0 Å². The molecule has 0 saturated carbocycles. The first-order chi connectivity index (χ1) is 15.8. The van der Waals surface area contributed by atoms with Gasteiger partial charge < -0.3 is 9.64 Å². The van der Waals surface area contributed by atoms with Crippen LogP contribution in [0.1, 0.15) is 25.3 Å². The second-order valence-electron chi connectivity index (χ2n) is 8.32. The fourth-order valence-electron chi connectivity index (χ4n) is 4.51. The van der Waals surface area contributed by atoms with Crippen LogP contribution in [0.2, 0.25) is 0 Å². The lowest BCUT2D eigenvalue weighted by atomic mass is 9.95. The Morgan fingerprint density at radius 1 is 1.24 bits per heavy atom. The van der Waals surface area contributed by atoms with Gasteiger partial charge in [0.2, 0.25) is 0 Å². The van der Waals surface area contributed by atoms with Crippen molar-refractivity contribution in [2.45, 2.75) is 50.3 Å². The first-order valence-corrected chi connectivity index (χ1v) is 12.0. The Balaban J connectivity index is 1.67. The van der Waals surface area contributed by atoms with Crippen molar-refractivity contribution in [2.75, 3.05) is 18.9 Å². The molecule has 2 heterocycles. The molecule has 3 atom stereocenters. The van der Waals surface area contributed by atoms with Crippen molar-refractivity contribution in [3.05, 3.63) is 59.7 Å². The highest BCUT2D eigenvalue weighted by Crippen LogP contribution is 2.37. The van der Waals surface area contributed by atoms with Crippen molar-refractivity contribution in [1.29, 1.82) is 0 Å². The third kappa shape index (κ3) is 5.05. The van der Waals surface area contributed by atoms with Crippen LogP contribution in [0, 0.1) is 11.6 Å². The van der Waals surface area contributed by atoms with Gasteiger partial charge in [-0.25, -0.2) is 17.6 Å². The minimum Gasteiger partial charge on any atom is -0.368 e. The predicted molar refractivity (Wildman–Crippen MR) is 120 cm³/mol. The van der Waals surface area contributed by atoms with E-state index in [0.717, 1.165) is 16.8 Å². The lowest BCUT2D eigenvalue weighted by Crippen LogP contribution is -2.49. The maximum Gasteiger partial charge on any atom is 0.283 e. The molecule has 4 nitrogen and oxygen atoms in total. The van der Waals surface area contributed by atoms with Crippen molar-refractivity contribution in [1.82, 2.24) is 9.62 Å². The molecule has 4 rings (SSSR count). The summed E-state index contributed by atoms with van der Waals surface area (Å²) >= 11 is 1.14. The number of amides is 1. The van der Waals surface area contributed by atoms with Crippen molar-refractivity contribution < 1.29 is 27.1 Å².